The number of hydrogen-bond acceptors (Lipinski definition) is 5. The van der Waals surface area contributed by atoms with Crippen LogP contribution in [0.15, 0.2) is 134 Å². The molecule has 0 fully saturated rings. The number of esters is 2. The topological polar surface area (TPSA) is 72.8 Å². The van der Waals surface area contributed by atoms with E-state index in [1.54, 1.807) is 0 Å². The van der Waals surface area contributed by atoms with Gasteiger partial charge in [0.1, 0.15) is 6.61 Å². The van der Waals surface area contributed by atoms with E-state index in [2.05, 4.69) is 135 Å². The lowest BCUT2D eigenvalue weighted by atomic mass is 10.2. The highest BCUT2D eigenvalue weighted by atomic mass is 16.6. The summed E-state index contributed by atoms with van der Waals surface area (Å²) >= 11 is 0. The summed E-state index contributed by atoms with van der Waals surface area (Å²) in [6, 6.07) is 0. The van der Waals surface area contributed by atoms with Crippen molar-refractivity contribution in [2.45, 2.75) is 123 Å². The molecule has 5 heteroatoms. The van der Waals surface area contributed by atoms with Crippen LogP contribution in [0.4, 0.5) is 0 Å². The normalized spacial score (nSPS) is 13.7. The molecule has 50 heavy (non-hydrogen) atoms. The van der Waals surface area contributed by atoms with Crippen molar-refractivity contribution in [2.75, 3.05) is 13.2 Å². The van der Waals surface area contributed by atoms with E-state index in [1.807, 2.05) is 12.2 Å². The number of unbranched alkanes of at least 4 members (excludes halogenated alkanes) is 1. The first-order valence-electron chi connectivity index (χ1n) is 18.7. The number of carbonyl (C=O) groups is 2. The van der Waals surface area contributed by atoms with Gasteiger partial charge in [0.25, 0.3) is 0 Å². The van der Waals surface area contributed by atoms with Gasteiger partial charge in [-0.25, -0.2) is 0 Å². The Balaban J connectivity index is 3.86. The maximum Gasteiger partial charge on any atom is 0.306 e. The van der Waals surface area contributed by atoms with Crippen molar-refractivity contribution in [3.8, 4) is 0 Å². The van der Waals surface area contributed by atoms with E-state index in [0.29, 0.717) is 12.8 Å². The zero-order valence-electron chi connectivity index (χ0n) is 31.1. The monoisotopic (exact) mass is 686 g/mol. The first kappa shape index (κ1) is 46.0. The van der Waals surface area contributed by atoms with Crippen molar-refractivity contribution in [3.63, 3.8) is 0 Å². The average Bonchev–Trinajstić information content (AvgIpc) is 3.12. The van der Waals surface area contributed by atoms with Gasteiger partial charge in [-0.1, -0.05) is 148 Å². The number of aliphatic hydroxyl groups excluding tert-OH is 1. The molecule has 0 aromatic rings. The lowest BCUT2D eigenvalue weighted by Gasteiger charge is -2.15. The van der Waals surface area contributed by atoms with Crippen LogP contribution in [0.5, 0.6) is 0 Å². The summed E-state index contributed by atoms with van der Waals surface area (Å²) < 4.78 is 10.5. The van der Waals surface area contributed by atoms with Crippen LogP contribution < -0.4 is 0 Å². The van der Waals surface area contributed by atoms with Crippen molar-refractivity contribution in [3.05, 3.63) is 134 Å². The molecular weight excluding hydrogens is 620 g/mol. The molecule has 0 saturated carbocycles. The Morgan fingerprint density at radius 3 is 1.16 bits per heavy atom. The molecular formula is C45H66O5. The fraction of sp³-hybridized carbons (Fsp3) is 0.467. The van der Waals surface area contributed by atoms with Crippen molar-refractivity contribution in [1.29, 1.82) is 0 Å². The molecule has 0 aliphatic heterocycles. The third-order valence-corrected chi connectivity index (χ3v) is 6.95. The SMILES string of the molecule is CC/C=C/C/C=C/C/C=C/C/C=C/C/C=C/C/C=C/CCC(=O)OC[C@H](CO)OC(=O)CCC/C=C/C/C=C/C/C=C/C/C=C/C/C=C/CC. The Labute approximate surface area is 305 Å². The van der Waals surface area contributed by atoms with E-state index in [1.165, 1.54) is 0 Å². The molecule has 0 aliphatic rings. The second kappa shape index (κ2) is 39.5. The summed E-state index contributed by atoms with van der Waals surface area (Å²) in [5.74, 6) is -0.775. The van der Waals surface area contributed by atoms with Crippen molar-refractivity contribution in [1.82, 2.24) is 0 Å². The van der Waals surface area contributed by atoms with E-state index in [-0.39, 0.29) is 32.0 Å². The molecule has 276 valence electrons. The molecule has 0 radical (unpaired) electrons. The molecule has 0 aromatic carbocycles. The highest BCUT2D eigenvalue weighted by molar-refractivity contribution is 5.70. The minimum atomic E-state index is -0.842. The Bertz CT molecular complexity index is 1140. The summed E-state index contributed by atoms with van der Waals surface area (Å²) in [5, 5.41) is 9.53. The summed E-state index contributed by atoms with van der Waals surface area (Å²) in [5.41, 5.74) is 0. The molecule has 0 unspecified atom stereocenters. The van der Waals surface area contributed by atoms with Crippen LogP contribution in [0.2, 0.25) is 0 Å². The van der Waals surface area contributed by atoms with Crippen LogP contribution in [0, 0.1) is 0 Å². The van der Waals surface area contributed by atoms with Gasteiger partial charge < -0.3 is 14.6 Å². The smallest absolute Gasteiger partial charge is 0.306 e. The van der Waals surface area contributed by atoms with Crippen LogP contribution in [-0.2, 0) is 19.1 Å². The predicted octanol–water partition coefficient (Wildman–Crippen LogP) is 11.8. The largest absolute Gasteiger partial charge is 0.462 e. The molecule has 0 saturated heterocycles. The number of rotatable bonds is 31. The van der Waals surface area contributed by atoms with Gasteiger partial charge in [0.15, 0.2) is 6.10 Å². The van der Waals surface area contributed by atoms with Crippen LogP contribution in [0.1, 0.15) is 117 Å². The van der Waals surface area contributed by atoms with Crippen molar-refractivity contribution < 1.29 is 24.2 Å². The van der Waals surface area contributed by atoms with Gasteiger partial charge in [-0.05, 0) is 89.9 Å². The average molecular weight is 687 g/mol. The maximum atomic E-state index is 12.1. The summed E-state index contributed by atoms with van der Waals surface area (Å²) in [4.78, 5) is 24.2. The number of ether oxygens (including phenoxy) is 2. The molecule has 1 atom stereocenters. The molecule has 0 bridgehead atoms. The molecule has 0 heterocycles. The number of hydrogen-bond donors (Lipinski definition) is 1. The predicted molar refractivity (Wildman–Crippen MR) is 214 cm³/mol. The molecule has 0 spiro atoms. The van der Waals surface area contributed by atoms with E-state index < -0.39 is 12.1 Å². The minimum Gasteiger partial charge on any atom is -0.462 e. The number of allylic oxidation sites excluding steroid dienone is 22. The van der Waals surface area contributed by atoms with Gasteiger partial charge in [-0.3, -0.25) is 9.59 Å². The van der Waals surface area contributed by atoms with E-state index in [9.17, 15) is 14.7 Å². The lowest BCUT2D eigenvalue weighted by molar-refractivity contribution is -0.161. The fourth-order valence-electron chi connectivity index (χ4n) is 4.20. The van der Waals surface area contributed by atoms with Crippen LogP contribution >= 0.6 is 0 Å². The van der Waals surface area contributed by atoms with Crippen LogP contribution in [-0.4, -0.2) is 36.4 Å². The number of carbonyl (C=O) groups excluding carboxylic acids is 2. The molecule has 0 rings (SSSR count). The van der Waals surface area contributed by atoms with Gasteiger partial charge in [0.05, 0.1) is 6.61 Å². The Hall–Kier alpha value is -3.96. The van der Waals surface area contributed by atoms with Crippen LogP contribution in [0.3, 0.4) is 0 Å². The Morgan fingerprint density at radius 1 is 0.460 bits per heavy atom. The lowest BCUT2D eigenvalue weighted by Crippen LogP contribution is -2.28. The molecule has 0 aliphatic carbocycles. The van der Waals surface area contributed by atoms with Crippen LogP contribution in [0.25, 0.3) is 0 Å². The van der Waals surface area contributed by atoms with E-state index in [0.717, 1.165) is 77.0 Å². The van der Waals surface area contributed by atoms with Gasteiger partial charge in [-0.2, -0.15) is 0 Å². The summed E-state index contributed by atoms with van der Waals surface area (Å²) in [7, 11) is 0. The summed E-state index contributed by atoms with van der Waals surface area (Å²) in [6.45, 7) is 3.76. The van der Waals surface area contributed by atoms with E-state index in [4.69, 9.17) is 9.47 Å². The number of aliphatic hydroxyl groups is 1. The Kier molecular flexibility index (Phi) is 36.4. The zero-order chi connectivity index (χ0) is 36.4. The molecule has 0 amide bonds. The first-order chi connectivity index (χ1) is 24.6. The molecule has 5 nitrogen and oxygen atoms in total. The standard InChI is InChI=1S/C45H66O5/c1-3-5-7-9-11-13-15-17-19-21-22-24-25-27-29-31-33-35-37-39-44(47)49-42-43(41-46)50-45(48)40-38-36-34-32-30-28-26-23-20-18-16-14-12-10-8-6-4-2/h5-8,11-14,17-20,22,24,26-29,32-35,43,46H,3-4,9-10,15-16,21,23,25,30-31,36-42H2,1-2H3/b7-5+,8-6+,13-11+,14-12+,19-17+,20-18+,24-22+,28-26+,29-27+,34-32+,35-33+/t43-/m0/s1. The second-order valence-electron chi connectivity index (χ2n) is 11.5. The third kappa shape index (κ3) is 36.9. The van der Waals surface area contributed by atoms with Gasteiger partial charge in [0.2, 0.25) is 0 Å². The fourth-order valence-corrected chi connectivity index (χ4v) is 4.20. The van der Waals surface area contributed by atoms with E-state index >= 15 is 0 Å². The second-order valence-corrected chi connectivity index (χ2v) is 11.5. The maximum absolute atomic E-state index is 12.1. The summed E-state index contributed by atoms with van der Waals surface area (Å²) in [6.07, 6.45) is 59.5. The van der Waals surface area contributed by atoms with Crippen molar-refractivity contribution in [2.24, 2.45) is 0 Å². The molecule has 0 aromatic heterocycles. The van der Waals surface area contributed by atoms with Gasteiger partial charge >= 0.3 is 11.9 Å². The quantitative estimate of drug-likeness (QED) is 0.0446. The minimum absolute atomic E-state index is 0.139. The highest BCUT2D eigenvalue weighted by Gasteiger charge is 2.15. The molecule has 1 N–H and O–H groups in total. The van der Waals surface area contributed by atoms with Crippen molar-refractivity contribution >= 4 is 11.9 Å². The third-order valence-electron chi connectivity index (χ3n) is 6.95. The highest BCUT2D eigenvalue weighted by Crippen LogP contribution is 2.05. The van der Waals surface area contributed by atoms with Gasteiger partial charge in [-0.15, -0.1) is 0 Å². The zero-order valence-corrected chi connectivity index (χ0v) is 31.1. The van der Waals surface area contributed by atoms with Gasteiger partial charge in [0, 0.05) is 12.8 Å². The Morgan fingerprint density at radius 2 is 0.800 bits per heavy atom. The first-order valence-corrected chi connectivity index (χ1v) is 18.7.